The molecule has 1 atom stereocenters. The predicted molar refractivity (Wildman–Crippen MR) is 78.8 cm³/mol. The molecule has 0 radical (unpaired) electrons. The van der Waals surface area contributed by atoms with E-state index in [4.69, 9.17) is 5.11 Å². The number of nitrogens with zero attached hydrogens (tertiary/aromatic N) is 1. The zero-order valence-electron chi connectivity index (χ0n) is 12.5. The lowest BCUT2D eigenvalue weighted by molar-refractivity contribution is -0.139. The minimum atomic E-state index is -3.68. The standard InChI is InChI=1S/C13H19N3O5S/c1-8(2)6-10(13(18)19)16-12(17)9-4-5-11(15-7-9)22(20,21)14-3/h4-5,7-8,10,14H,6H2,1-3H3,(H,16,17)(H,18,19). The summed E-state index contributed by atoms with van der Waals surface area (Å²) in [7, 11) is -2.43. The van der Waals surface area contributed by atoms with Crippen LogP contribution in [0.25, 0.3) is 0 Å². The normalized spacial score (nSPS) is 12.9. The summed E-state index contributed by atoms with van der Waals surface area (Å²) >= 11 is 0. The second-order valence-corrected chi connectivity index (χ2v) is 6.92. The third kappa shape index (κ3) is 4.78. The number of carboxylic acids is 1. The van der Waals surface area contributed by atoms with E-state index in [1.165, 1.54) is 19.2 Å². The number of rotatable bonds is 7. The zero-order chi connectivity index (χ0) is 16.9. The molecule has 1 heterocycles. The molecule has 0 aromatic carbocycles. The number of hydrogen-bond acceptors (Lipinski definition) is 5. The average molecular weight is 329 g/mol. The molecule has 0 aliphatic heterocycles. The molecule has 1 aromatic rings. The molecule has 0 aliphatic rings. The molecule has 0 fully saturated rings. The lowest BCUT2D eigenvalue weighted by atomic mass is 10.0. The molecular formula is C13H19N3O5S. The van der Waals surface area contributed by atoms with Gasteiger partial charge < -0.3 is 10.4 Å². The number of sulfonamides is 1. The van der Waals surface area contributed by atoms with Crippen LogP contribution in [0.5, 0.6) is 0 Å². The van der Waals surface area contributed by atoms with Crippen molar-refractivity contribution >= 4 is 21.9 Å². The summed E-state index contributed by atoms with van der Waals surface area (Å²) in [6, 6.07) is 1.45. The van der Waals surface area contributed by atoms with E-state index in [0.717, 1.165) is 6.20 Å². The van der Waals surface area contributed by atoms with E-state index >= 15 is 0 Å². The van der Waals surface area contributed by atoms with Gasteiger partial charge in [-0.05, 0) is 31.5 Å². The highest BCUT2D eigenvalue weighted by Gasteiger charge is 2.22. The van der Waals surface area contributed by atoms with Gasteiger partial charge in [-0.25, -0.2) is 22.9 Å². The van der Waals surface area contributed by atoms with Gasteiger partial charge in [0.2, 0.25) is 0 Å². The van der Waals surface area contributed by atoms with Gasteiger partial charge >= 0.3 is 5.97 Å². The largest absolute Gasteiger partial charge is 0.480 e. The molecule has 1 unspecified atom stereocenters. The van der Waals surface area contributed by atoms with Gasteiger partial charge in [0.05, 0.1) is 5.56 Å². The summed E-state index contributed by atoms with van der Waals surface area (Å²) in [5, 5.41) is 11.3. The highest BCUT2D eigenvalue weighted by Crippen LogP contribution is 2.09. The number of carbonyl (C=O) groups is 2. The fourth-order valence-electron chi connectivity index (χ4n) is 1.71. The van der Waals surface area contributed by atoms with Crippen LogP contribution in [0.15, 0.2) is 23.4 Å². The topological polar surface area (TPSA) is 125 Å². The predicted octanol–water partition coefficient (Wildman–Crippen LogP) is 0.219. The third-order valence-electron chi connectivity index (χ3n) is 2.85. The second kappa shape index (κ2) is 7.32. The maximum Gasteiger partial charge on any atom is 0.326 e. The van der Waals surface area contributed by atoms with Crippen LogP contribution in [0.1, 0.15) is 30.6 Å². The van der Waals surface area contributed by atoms with Gasteiger partial charge in [0.1, 0.15) is 6.04 Å². The second-order valence-electron chi connectivity index (χ2n) is 5.09. The smallest absolute Gasteiger partial charge is 0.326 e. The van der Waals surface area contributed by atoms with Crippen molar-refractivity contribution in [3.63, 3.8) is 0 Å². The van der Waals surface area contributed by atoms with Crippen molar-refractivity contribution in [3.05, 3.63) is 23.9 Å². The molecule has 1 aromatic heterocycles. The van der Waals surface area contributed by atoms with Gasteiger partial charge in [0, 0.05) is 6.20 Å². The van der Waals surface area contributed by atoms with Crippen LogP contribution in [-0.2, 0) is 14.8 Å². The number of nitrogens with one attached hydrogen (secondary N) is 2. The molecule has 0 saturated heterocycles. The van der Waals surface area contributed by atoms with Crippen LogP contribution in [-0.4, -0.2) is 43.5 Å². The Morgan fingerprint density at radius 3 is 2.36 bits per heavy atom. The number of carboxylic acid groups (broad SMARTS) is 1. The quantitative estimate of drug-likeness (QED) is 0.657. The zero-order valence-corrected chi connectivity index (χ0v) is 13.3. The monoisotopic (exact) mass is 329 g/mol. The molecule has 0 bridgehead atoms. The van der Waals surface area contributed by atoms with E-state index in [-0.39, 0.29) is 16.5 Å². The van der Waals surface area contributed by atoms with Crippen molar-refractivity contribution in [3.8, 4) is 0 Å². The first-order valence-electron chi connectivity index (χ1n) is 6.60. The van der Waals surface area contributed by atoms with E-state index in [1.54, 1.807) is 0 Å². The first kappa shape index (κ1) is 18.1. The Morgan fingerprint density at radius 1 is 1.32 bits per heavy atom. The molecule has 0 spiro atoms. The SMILES string of the molecule is CNS(=O)(=O)c1ccc(C(=O)NC(CC(C)C)C(=O)O)cn1. The summed E-state index contributed by atoms with van der Waals surface area (Å²) in [6.07, 6.45) is 1.38. The van der Waals surface area contributed by atoms with E-state index < -0.39 is 27.9 Å². The Hall–Kier alpha value is -2.00. The van der Waals surface area contributed by atoms with Crippen LogP contribution in [0.3, 0.4) is 0 Å². The van der Waals surface area contributed by atoms with E-state index in [1.807, 2.05) is 13.8 Å². The maximum absolute atomic E-state index is 12.0. The van der Waals surface area contributed by atoms with Crippen molar-refractivity contribution in [2.75, 3.05) is 7.05 Å². The molecule has 122 valence electrons. The molecule has 8 nitrogen and oxygen atoms in total. The number of hydrogen-bond donors (Lipinski definition) is 3. The molecule has 9 heteroatoms. The summed E-state index contributed by atoms with van der Waals surface area (Å²) in [6.45, 7) is 3.70. The van der Waals surface area contributed by atoms with Crippen molar-refractivity contribution < 1.29 is 23.1 Å². The molecular weight excluding hydrogens is 310 g/mol. The van der Waals surface area contributed by atoms with Crippen molar-refractivity contribution in [1.82, 2.24) is 15.0 Å². The first-order valence-corrected chi connectivity index (χ1v) is 8.09. The van der Waals surface area contributed by atoms with Gasteiger partial charge in [0.25, 0.3) is 15.9 Å². The van der Waals surface area contributed by atoms with E-state index in [0.29, 0.717) is 6.42 Å². The van der Waals surface area contributed by atoms with Gasteiger partial charge in [-0.15, -0.1) is 0 Å². The van der Waals surface area contributed by atoms with Gasteiger partial charge in [-0.1, -0.05) is 13.8 Å². The number of aliphatic carboxylic acids is 1. The van der Waals surface area contributed by atoms with Crippen LogP contribution >= 0.6 is 0 Å². The maximum atomic E-state index is 12.0. The summed E-state index contributed by atoms with van der Waals surface area (Å²) in [4.78, 5) is 26.8. The Labute approximate surface area is 129 Å². The van der Waals surface area contributed by atoms with Crippen molar-refractivity contribution in [2.24, 2.45) is 5.92 Å². The minimum Gasteiger partial charge on any atom is -0.480 e. The van der Waals surface area contributed by atoms with Crippen LogP contribution in [0, 0.1) is 5.92 Å². The van der Waals surface area contributed by atoms with Crippen LogP contribution in [0.4, 0.5) is 0 Å². The number of amides is 1. The van der Waals surface area contributed by atoms with Crippen LogP contribution < -0.4 is 10.0 Å². The molecule has 22 heavy (non-hydrogen) atoms. The van der Waals surface area contributed by atoms with Crippen molar-refractivity contribution in [1.29, 1.82) is 0 Å². The highest BCUT2D eigenvalue weighted by molar-refractivity contribution is 7.89. The summed E-state index contributed by atoms with van der Waals surface area (Å²) < 4.78 is 25.1. The molecule has 1 amide bonds. The lowest BCUT2D eigenvalue weighted by Crippen LogP contribution is -2.41. The molecule has 3 N–H and O–H groups in total. The first-order chi connectivity index (χ1) is 10.2. The average Bonchev–Trinajstić information content (AvgIpc) is 2.46. The molecule has 1 rings (SSSR count). The number of carbonyl (C=O) groups excluding carboxylic acids is 1. The van der Waals surface area contributed by atoms with E-state index in [9.17, 15) is 18.0 Å². The molecule has 0 aliphatic carbocycles. The minimum absolute atomic E-state index is 0.0880. The Morgan fingerprint density at radius 2 is 1.95 bits per heavy atom. The van der Waals surface area contributed by atoms with Gasteiger partial charge in [-0.3, -0.25) is 4.79 Å². The Kier molecular flexibility index (Phi) is 6.01. The van der Waals surface area contributed by atoms with Crippen LogP contribution in [0.2, 0.25) is 0 Å². The van der Waals surface area contributed by atoms with Gasteiger partial charge in [-0.2, -0.15) is 0 Å². The summed E-state index contributed by atoms with van der Waals surface area (Å²) in [5.74, 6) is -1.64. The summed E-state index contributed by atoms with van der Waals surface area (Å²) in [5.41, 5.74) is 0.0880. The highest BCUT2D eigenvalue weighted by atomic mass is 32.2. The lowest BCUT2D eigenvalue weighted by Gasteiger charge is -2.16. The van der Waals surface area contributed by atoms with Gasteiger partial charge in [0.15, 0.2) is 5.03 Å². The van der Waals surface area contributed by atoms with Crippen molar-refractivity contribution in [2.45, 2.75) is 31.3 Å². The fourth-order valence-corrected chi connectivity index (χ4v) is 2.36. The third-order valence-corrected chi connectivity index (χ3v) is 4.18. The Balaban J connectivity index is 2.88. The number of pyridine rings is 1. The van der Waals surface area contributed by atoms with E-state index in [2.05, 4.69) is 15.0 Å². The number of aromatic nitrogens is 1. The Bertz CT molecular complexity index is 640. The molecule has 0 saturated carbocycles. The fraction of sp³-hybridized carbons (Fsp3) is 0.462.